The number of rotatable bonds is 9. The smallest absolute Gasteiger partial charge is 0.407 e. The van der Waals surface area contributed by atoms with Crippen LogP contribution in [0.25, 0.3) is 11.1 Å². The van der Waals surface area contributed by atoms with E-state index in [0.29, 0.717) is 0 Å². The minimum atomic E-state index is -1.24. The first-order valence-corrected chi connectivity index (χ1v) is 11.3. The van der Waals surface area contributed by atoms with Crippen LogP contribution in [0.1, 0.15) is 51.2 Å². The normalized spacial score (nSPS) is 14.0. The van der Waals surface area contributed by atoms with E-state index >= 15 is 0 Å². The Kier molecular flexibility index (Phi) is 7.31. The molecule has 0 spiro atoms. The molecule has 0 radical (unpaired) electrons. The van der Waals surface area contributed by atoms with E-state index in [4.69, 9.17) is 9.84 Å². The third-order valence-corrected chi connectivity index (χ3v) is 6.91. The van der Waals surface area contributed by atoms with Gasteiger partial charge in [-0.1, -0.05) is 48.5 Å². The van der Waals surface area contributed by atoms with Gasteiger partial charge in [0.1, 0.15) is 12.6 Å². The van der Waals surface area contributed by atoms with Crippen molar-refractivity contribution in [2.24, 2.45) is 5.41 Å². The Labute approximate surface area is 199 Å². The number of aliphatic hydroxyl groups is 1. The molecule has 0 heterocycles. The number of nitrogens with one attached hydrogen (secondary N) is 2. The Morgan fingerprint density at radius 1 is 0.971 bits per heavy atom. The van der Waals surface area contributed by atoms with Gasteiger partial charge in [-0.25, -0.2) is 9.59 Å². The van der Waals surface area contributed by atoms with Crippen LogP contribution in [0.4, 0.5) is 4.79 Å². The van der Waals surface area contributed by atoms with E-state index in [1.807, 2.05) is 36.4 Å². The lowest BCUT2D eigenvalue weighted by Crippen LogP contribution is -2.61. The largest absolute Gasteiger partial charge is 0.480 e. The number of alkyl carbamates (subject to hydrolysis) is 1. The van der Waals surface area contributed by atoms with Crippen LogP contribution in [0.5, 0.6) is 0 Å². The zero-order valence-electron chi connectivity index (χ0n) is 19.9. The Bertz CT molecular complexity index is 1030. The number of aliphatic carboxylic acids is 1. The molecule has 8 nitrogen and oxygen atoms in total. The molecule has 2 amide bonds. The maximum atomic E-state index is 12.9. The fourth-order valence-electron chi connectivity index (χ4n) is 4.05. The summed E-state index contributed by atoms with van der Waals surface area (Å²) < 4.78 is 5.60. The summed E-state index contributed by atoms with van der Waals surface area (Å²) in [6.07, 6.45) is -0.782. The predicted octanol–water partition coefficient (Wildman–Crippen LogP) is 3.28. The minimum absolute atomic E-state index is 0.0904. The lowest BCUT2D eigenvalue weighted by atomic mass is 9.73. The van der Waals surface area contributed by atoms with Crippen LogP contribution >= 0.6 is 0 Å². The van der Waals surface area contributed by atoms with Crippen molar-refractivity contribution in [2.75, 3.05) is 13.2 Å². The molecule has 34 heavy (non-hydrogen) atoms. The molecule has 0 fully saturated rings. The van der Waals surface area contributed by atoms with Gasteiger partial charge in [-0.05, 0) is 49.9 Å². The molecule has 8 heteroatoms. The molecule has 0 aliphatic heterocycles. The molecule has 1 unspecified atom stereocenters. The molecule has 182 valence electrons. The SMILES string of the molecule is CC(C)(NC(=O)OCC1c2ccccc2-c2ccccc21)C(C)(C)C(=O)NC(CCO)C(=O)O. The van der Waals surface area contributed by atoms with Crippen molar-refractivity contribution in [2.45, 2.75) is 51.6 Å². The fraction of sp³-hybridized carbons (Fsp3) is 0.423. The molecular formula is C26H32N2O6. The van der Waals surface area contributed by atoms with Crippen LogP contribution in [0, 0.1) is 5.41 Å². The first-order valence-electron chi connectivity index (χ1n) is 11.3. The highest BCUT2D eigenvalue weighted by atomic mass is 16.5. The monoisotopic (exact) mass is 468 g/mol. The van der Waals surface area contributed by atoms with Crippen LogP contribution in [-0.4, -0.2) is 53.0 Å². The van der Waals surface area contributed by atoms with Gasteiger partial charge in [0.15, 0.2) is 0 Å². The first kappa shape index (κ1) is 25.2. The number of carboxylic acid groups (broad SMARTS) is 1. The number of ether oxygens (including phenoxy) is 1. The quantitative estimate of drug-likeness (QED) is 0.448. The topological polar surface area (TPSA) is 125 Å². The number of fused-ring (bicyclic) bond motifs is 3. The van der Waals surface area contributed by atoms with E-state index in [9.17, 15) is 19.5 Å². The second kappa shape index (κ2) is 9.85. The number of benzene rings is 2. The van der Waals surface area contributed by atoms with E-state index in [-0.39, 0.29) is 25.6 Å². The summed E-state index contributed by atoms with van der Waals surface area (Å²) in [5.74, 6) is -1.88. The summed E-state index contributed by atoms with van der Waals surface area (Å²) in [7, 11) is 0. The van der Waals surface area contributed by atoms with Gasteiger partial charge in [0.05, 0.1) is 11.0 Å². The summed E-state index contributed by atoms with van der Waals surface area (Å²) in [5, 5.41) is 23.5. The third kappa shape index (κ3) is 4.92. The lowest BCUT2D eigenvalue weighted by Gasteiger charge is -2.41. The van der Waals surface area contributed by atoms with Gasteiger partial charge in [-0.2, -0.15) is 0 Å². The standard InChI is InChI=1S/C26H32N2O6/c1-25(2,23(32)27-21(13-14-29)22(30)31)26(3,4)28-24(33)34-15-20-18-11-7-5-9-16(18)17-10-6-8-12-19(17)20/h5-12,20-21,29H,13-15H2,1-4H3,(H,27,32)(H,28,33)(H,30,31). The van der Waals surface area contributed by atoms with Crippen LogP contribution in [0.2, 0.25) is 0 Å². The molecule has 3 rings (SSSR count). The predicted molar refractivity (Wildman–Crippen MR) is 127 cm³/mol. The molecule has 4 N–H and O–H groups in total. The number of carbonyl (C=O) groups excluding carboxylic acids is 2. The van der Waals surface area contributed by atoms with E-state index in [0.717, 1.165) is 22.3 Å². The molecule has 0 aromatic heterocycles. The van der Waals surface area contributed by atoms with Crippen molar-refractivity contribution in [3.05, 3.63) is 59.7 Å². The average molecular weight is 469 g/mol. The van der Waals surface area contributed by atoms with E-state index in [2.05, 4.69) is 22.8 Å². The highest BCUT2D eigenvalue weighted by Crippen LogP contribution is 2.44. The molecule has 1 aliphatic rings. The molecule has 2 aromatic carbocycles. The van der Waals surface area contributed by atoms with Crippen LogP contribution in [-0.2, 0) is 14.3 Å². The zero-order valence-corrected chi connectivity index (χ0v) is 19.9. The average Bonchev–Trinajstić information content (AvgIpc) is 3.10. The van der Waals surface area contributed by atoms with E-state index in [1.165, 1.54) is 0 Å². The van der Waals surface area contributed by atoms with Crippen molar-refractivity contribution in [1.82, 2.24) is 10.6 Å². The van der Waals surface area contributed by atoms with Gasteiger partial charge in [0.25, 0.3) is 0 Å². The summed E-state index contributed by atoms with van der Waals surface area (Å²) in [5.41, 5.74) is 2.20. The Balaban J connectivity index is 1.67. The van der Waals surface area contributed by atoms with Crippen LogP contribution in [0.3, 0.4) is 0 Å². The number of carbonyl (C=O) groups is 3. The van der Waals surface area contributed by atoms with Crippen molar-refractivity contribution in [1.29, 1.82) is 0 Å². The highest BCUT2D eigenvalue weighted by Gasteiger charge is 2.45. The molecule has 1 atom stereocenters. The molecule has 0 saturated heterocycles. The molecule has 0 bridgehead atoms. The Morgan fingerprint density at radius 3 is 2.00 bits per heavy atom. The van der Waals surface area contributed by atoms with Gasteiger partial charge in [0, 0.05) is 18.9 Å². The van der Waals surface area contributed by atoms with Gasteiger partial charge in [0.2, 0.25) is 5.91 Å². The molecular weight excluding hydrogens is 436 g/mol. The fourth-order valence-corrected chi connectivity index (χ4v) is 4.05. The third-order valence-electron chi connectivity index (χ3n) is 6.91. The van der Waals surface area contributed by atoms with E-state index < -0.39 is 35.0 Å². The van der Waals surface area contributed by atoms with Gasteiger partial charge in [-0.3, -0.25) is 4.79 Å². The number of hydrogen-bond donors (Lipinski definition) is 4. The van der Waals surface area contributed by atoms with Crippen molar-refractivity contribution in [3.63, 3.8) is 0 Å². The van der Waals surface area contributed by atoms with Crippen molar-refractivity contribution < 1.29 is 29.3 Å². The molecule has 1 aliphatic carbocycles. The zero-order chi connectivity index (χ0) is 25.1. The summed E-state index contributed by atoms with van der Waals surface area (Å²) >= 11 is 0. The minimum Gasteiger partial charge on any atom is -0.480 e. The van der Waals surface area contributed by atoms with Gasteiger partial charge >= 0.3 is 12.1 Å². The maximum absolute atomic E-state index is 12.9. The second-order valence-corrected chi connectivity index (χ2v) is 9.58. The number of aliphatic hydroxyl groups excluding tert-OH is 1. The molecule has 0 saturated carbocycles. The Morgan fingerprint density at radius 2 is 1.50 bits per heavy atom. The summed E-state index contributed by atoms with van der Waals surface area (Å²) in [6, 6.07) is 14.8. The summed E-state index contributed by atoms with van der Waals surface area (Å²) in [4.78, 5) is 37.0. The number of carboxylic acids is 1. The van der Waals surface area contributed by atoms with Crippen molar-refractivity contribution >= 4 is 18.0 Å². The van der Waals surface area contributed by atoms with E-state index in [1.54, 1.807) is 27.7 Å². The molecule has 2 aromatic rings. The summed E-state index contributed by atoms with van der Waals surface area (Å²) in [6.45, 7) is 6.35. The first-order chi connectivity index (χ1) is 16.0. The lowest BCUT2D eigenvalue weighted by molar-refractivity contribution is -0.145. The Hall–Kier alpha value is -3.39. The maximum Gasteiger partial charge on any atom is 0.407 e. The number of hydrogen-bond acceptors (Lipinski definition) is 5. The van der Waals surface area contributed by atoms with Gasteiger partial charge in [-0.15, -0.1) is 0 Å². The van der Waals surface area contributed by atoms with Crippen molar-refractivity contribution in [3.8, 4) is 11.1 Å². The number of amides is 2. The highest BCUT2D eigenvalue weighted by molar-refractivity contribution is 5.88. The second-order valence-electron chi connectivity index (χ2n) is 9.58. The van der Waals surface area contributed by atoms with Gasteiger partial charge < -0.3 is 25.6 Å². The van der Waals surface area contributed by atoms with Crippen LogP contribution < -0.4 is 10.6 Å². The van der Waals surface area contributed by atoms with Crippen LogP contribution in [0.15, 0.2) is 48.5 Å².